The SMILES string of the molecule is C[C@H](N)c1cccc(F)c1Sc1ncnc2nc[nH]c12. The van der Waals surface area contributed by atoms with Crippen molar-refractivity contribution in [3.63, 3.8) is 0 Å². The van der Waals surface area contributed by atoms with Gasteiger partial charge in [0, 0.05) is 6.04 Å². The molecule has 0 radical (unpaired) electrons. The van der Waals surface area contributed by atoms with Crippen LogP contribution in [-0.2, 0) is 0 Å². The van der Waals surface area contributed by atoms with E-state index in [1.165, 1.54) is 30.5 Å². The first-order chi connectivity index (χ1) is 9.66. The number of nitrogens with one attached hydrogen (secondary N) is 1. The molecule has 2 heterocycles. The molecule has 0 aliphatic carbocycles. The van der Waals surface area contributed by atoms with E-state index in [1.54, 1.807) is 6.07 Å². The van der Waals surface area contributed by atoms with E-state index >= 15 is 0 Å². The Bertz CT molecular complexity index is 755. The summed E-state index contributed by atoms with van der Waals surface area (Å²) < 4.78 is 14.1. The summed E-state index contributed by atoms with van der Waals surface area (Å²) in [6, 6.07) is 4.64. The fraction of sp³-hybridized carbons (Fsp3) is 0.154. The molecular formula is C13H12FN5S. The zero-order valence-corrected chi connectivity index (χ0v) is 11.5. The fourth-order valence-corrected chi connectivity index (χ4v) is 2.99. The predicted octanol–water partition coefficient (Wildman–Crippen LogP) is 2.66. The van der Waals surface area contributed by atoms with Gasteiger partial charge in [0.05, 0.1) is 11.2 Å². The van der Waals surface area contributed by atoms with Crippen LogP contribution in [0, 0.1) is 5.82 Å². The Balaban J connectivity index is 2.09. The van der Waals surface area contributed by atoms with Crippen LogP contribution in [-0.4, -0.2) is 19.9 Å². The number of benzene rings is 1. The van der Waals surface area contributed by atoms with Crippen LogP contribution < -0.4 is 5.73 Å². The third kappa shape index (κ3) is 2.25. The number of aromatic nitrogens is 4. The quantitative estimate of drug-likeness (QED) is 0.724. The molecule has 0 amide bonds. The molecule has 3 N–H and O–H groups in total. The second-order valence-electron chi connectivity index (χ2n) is 4.33. The van der Waals surface area contributed by atoms with Crippen molar-refractivity contribution >= 4 is 22.9 Å². The molecule has 0 saturated heterocycles. The molecule has 0 spiro atoms. The highest BCUT2D eigenvalue weighted by molar-refractivity contribution is 7.99. The first-order valence-corrected chi connectivity index (χ1v) is 6.84. The van der Waals surface area contributed by atoms with Gasteiger partial charge in [-0.2, -0.15) is 0 Å². The van der Waals surface area contributed by atoms with E-state index < -0.39 is 0 Å². The van der Waals surface area contributed by atoms with Crippen molar-refractivity contribution in [3.05, 3.63) is 42.2 Å². The van der Waals surface area contributed by atoms with E-state index in [0.717, 1.165) is 5.56 Å². The number of hydrogen-bond acceptors (Lipinski definition) is 5. The topological polar surface area (TPSA) is 80.5 Å². The molecule has 0 aliphatic heterocycles. The molecule has 20 heavy (non-hydrogen) atoms. The van der Waals surface area contributed by atoms with Gasteiger partial charge in [-0.05, 0) is 18.6 Å². The second-order valence-corrected chi connectivity index (χ2v) is 5.33. The molecule has 3 rings (SSSR count). The van der Waals surface area contributed by atoms with Crippen molar-refractivity contribution in [2.45, 2.75) is 22.9 Å². The molecule has 7 heteroatoms. The summed E-state index contributed by atoms with van der Waals surface area (Å²) in [7, 11) is 0. The van der Waals surface area contributed by atoms with Crippen molar-refractivity contribution < 1.29 is 4.39 Å². The van der Waals surface area contributed by atoms with Gasteiger partial charge in [0.25, 0.3) is 0 Å². The van der Waals surface area contributed by atoms with Crippen molar-refractivity contribution in [2.24, 2.45) is 5.73 Å². The third-order valence-electron chi connectivity index (χ3n) is 2.87. The van der Waals surface area contributed by atoms with Gasteiger partial charge >= 0.3 is 0 Å². The zero-order valence-electron chi connectivity index (χ0n) is 10.7. The van der Waals surface area contributed by atoms with Crippen LogP contribution in [0.25, 0.3) is 11.2 Å². The lowest BCUT2D eigenvalue weighted by Gasteiger charge is -2.12. The Morgan fingerprint density at radius 3 is 2.95 bits per heavy atom. The molecule has 1 atom stereocenters. The summed E-state index contributed by atoms with van der Waals surface area (Å²) in [5, 5.41) is 0.625. The number of hydrogen-bond donors (Lipinski definition) is 2. The highest BCUT2D eigenvalue weighted by Crippen LogP contribution is 2.35. The molecule has 0 fully saturated rings. The second kappa shape index (κ2) is 5.18. The Labute approximate surface area is 118 Å². The van der Waals surface area contributed by atoms with Crippen molar-refractivity contribution in [2.75, 3.05) is 0 Å². The van der Waals surface area contributed by atoms with Crippen LogP contribution in [0.4, 0.5) is 4.39 Å². The number of halogens is 1. The summed E-state index contributed by atoms with van der Waals surface area (Å²) in [5.41, 5.74) is 7.90. The molecule has 0 saturated carbocycles. The highest BCUT2D eigenvalue weighted by atomic mass is 32.2. The molecule has 0 bridgehead atoms. The van der Waals surface area contributed by atoms with E-state index in [9.17, 15) is 4.39 Å². The van der Waals surface area contributed by atoms with Crippen LogP contribution in [0.3, 0.4) is 0 Å². The first-order valence-electron chi connectivity index (χ1n) is 6.02. The van der Waals surface area contributed by atoms with Gasteiger partial charge in [-0.15, -0.1) is 0 Å². The molecule has 2 aromatic heterocycles. The highest BCUT2D eigenvalue weighted by Gasteiger charge is 2.16. The Morgan fingerprint density at radius 1 is 1.30 bits per heavy atom. The van der Waals surface area contributed by atoms with E-state index in [2.05, 4.69) is 19.9 Å². The maximum atomic E-state index is 14.1. The Morgan fingerprint density at radius 2 is 2.15 bits per heavy atom. The third-order valence-corrected chi connectivity index (χ3v) is 4.01. The zero-order chi connectivity index (χ0) is 14.1. The smallest absolute Gasteiger partial charge is 0.181 e. The van der Waals surface area contributed by atoms with Gasteiger partial charge < -0.3 is 10.7 Å². The molecule has 102 valence electrons. The summed E-state index contributed by atoms with van der Waals surface area (Å²) >= 11 is 1.23. The number of H-pyrrole nitrogens is 1. The molecule has 1 aromatic carbocycles. The minimum atomic E-state index is -0.309. The van der Waals surface area contributed by atoms with Gasteiger partial charge in [-0.1, -0.05) is 23.9 Å². The van der Waals surface area contributed by atoms with Crippen molar-refractivity contribution in [1.82, 2.24) is 19.9 Å². The number of aromatic amines is 1. The standard InChI is InChI=1S/C13H12FN5S/c1-7(15)8-3-2-4-9(14)11(8)20-13-10-12(17-5-16-10)18-6-19-13/h2-7H,15H2,1H3,(H,16,17,18,19)/t7-/m0/s1. The molecule has 3 aromatic rings. The minimum Gasteiger partial charge on any atom is -0.341 e. The molecular weight excluding hydrogens is 277 g/mol. The number of imidazole rings is 1. The van der Waals surface area contributed by atoms with Crippen LogP contribution in [0.2, 0.25) is 0 Å². The predicted molar refractivity (Wildman–Crippen MR) is 74.8 cm³/mol. The molecule has 5 nitrogen and oxygen atoms in total. The van der Waals surface area contributed by atoms with E-state index in [0.29, 0.717) is 21.1 Å². The summed E-state index contributed by atoms with van der Waals surface area (Å²) in [5.74, 6) is -0.309. The average Bonchev–Trinajstić information content (AvgIpc) is 2.90. The van der Waals surface area contributed by atoms with Crippen LogP contribution in [0.5, 0.6) is 0 Å². The monoisotopic (exact) mass is 289 g/mol. The normalized spacial score (nSPS) is 12.8. The Hall–Kier alpha value is -1.99. The lowest BCUT2D eigenvalue weighted by atomic mass is 10.1. The number of rotatable bonds is 3. The summed E-state index contributed by atoms with van der Waals surface area (Å²) in [6.07, 6.45) is 2.95. The largest absolute Gasteiger partial charge is 0.341 e. The van der Waals surface area contributed by atoms with Crippen LogP contribution in [0.1, 0.15) is 18.5 Å². The van der Waals surface area contributed by atoms with Gasteiger partial charge in [-0.3, -0.25) is 0 Å². The van der Waals surface area contributed by atoms with E-state index in [-0.39, 0.29) is 11.9 Å². The van der Waals surface area contributed by atoms with Crippen LogP contribution >= 0.6 is 11.8 Å². The molecule has 0 aliphatic rings. The van der Waals surface area contributed by atoms with Gasteiger partial charge in [0.1, 0.15) is 22.7 Å². The Kier molecular flexibility index (Phi) is 3.37. The lowest BCUT2D eigenvalue weighted by molar-refractivity contribution is 0.591. The maximum Gasteiger partial charge on any atom is 0.181 e. The molecule has 0 unspecified atom stereocenters. The van der Waals surface area contributed by atoms with Gasteiger partial charge in [-0.25, -0.2) is 19.3 Å². The van der Waals surface area contributed by atoms with Crippen LogP contribution in [0.15, 0.2) is 40.8 Å². The summed E-state index contributed by atoms with van der Waals surface area (Å²) in [4.78, 5) is 15.7. The van der Waals surface area contributed by atoms with Gasteiger partial charge in [0.15, 0.2) is 5.65 Å². The number of nitrogens with zero attached hydrogens (tertiary/aromatic N) is 3. The minimum absolute atomic E-state index is 0.257. The van der Waals surface area contributed by atoms with E-state index in [1.807, 2.05) is 13.0 Å². The lowest BCUT2D eigenvalue weighted by Crippen LogP contribution is -2.07. The number of nitrogens with two attached hydrogens (primary N) is 1. The maximum absolute atomic E-state index is 14.1. The summed E-state index contributed by atoms with van der Waals surface area (Å²) in [6.45, 7) is 1.82. The van der Waals surface area contributed by atoms with Crippen molar-refractivity contribution in [3.8, 4) is 0 Å². The van der Waals surface area contributed by atoms with Gasteiger partial charge in [0.2, 0.25) is 0 Å². The fourth-order valence-electron chi connectivity index (χ4n) is 1.91. The first kappa shape index (κ1) is 13.0. The number of fused-ring (bicyclic) bond motifs is 1. The van der Waals surface area contributed by atoms with E-state index in [4.69, 9.17) is 5.73 Å². The average molecular weight is 289 g/mol. The van der Waals surface area contributed by atoms with Crippen molar-refractivity contribution in [1.29, 1.82) is 0 Å².